The first-order valence-corrected chi connectivity index (χ1v) is 16.6. The molecular weight excluding hydrogens is 767 g/mol. The van der Waals surface area contributed by atoms with E-state index in [0.717, 1.165) is 24.7 Å². The molecule has 0 spiro atoms. The zero-order valence-corrected chi connectivity index (χ0v) is 28.8. The smallest absolute Gasteiger partial charge is 0.338 e. The first-order chi connectivity index (χ1) is 20.7. The van der Waals surface area contributed by atoms with Gasteiger partial charge in [0.15, 0.2) is 4.80 Å². The number of carbonyl (C=O) groups excluding carboxylic acids is 1. The first-order valence-electron chi connectivity index (χ1n) is 13.5. The molecule has 1 aliphatic rings. The standard InChI is InChI=1S/C32H27BrClIN2O5S/c1-4-40-24-11-9-20(10-12-24)28-27(31(39)41-5-2)18(3)36-32-37(28)30(38)26(43-32)15-21-14-22(33)16-25(35)29(21)42-17-19-7-6-8-23(34)13-19/h6-16,28H,4-5,17H2,1-3H3/b26-15-/t28-/m1/s1. The molecule has 7 nitrogen and oxygen atoms in total. The third-order valence-electron chi connectivity index (χ3n) is 6.62. The van der Waals surface area contributed by atoms with E-state index in [1.54, 1.807) is 18.4 Å². The van der Waals surface area contributed by atoms with E-state index in [2.05, 4.69) is 43.5 Å². The van der Waals surface area contributed by atoms with Gasteiger partial charge >= 0.3 is 5.97 Å². The van der Waals surface area contributed by atoms with Crippen LogP contribution in [0.25, 0.3) is 6.08 Å². The van der Waals surface area contributed by atoms with E-state index < -0.39 is 12.0 Å². The monoisotopic (exact) mass is 792 g/mol. The minimum atomic E-state index is -0.714. The summed E-state index contributed by atoms with van der Waals surface area (Å²) in [5, 5.41) is 0.632. The molecule has 4 aromatic rings. The second-order valence-corrected chi connectivity index (χ2v) is 13.1. The van der Waals surface area contributed by atoms with Crippen molar-refractivity contribution >= 4 is 73.5 Å². The second-order valence-electron chi connectivity index (χ2n) is 9.53. The third kappa shape index (κ3) is 6.92. The Balaban J connectivity index is 1.63. The Morgan fingerprint density at radius 1 is 1.12 bits per heavy atom. The van der Waals surface area contributed by atoms with Crippen molar-refractivity contribution in [3.05, 3.63) is 121 Å². The Kier molecular flexibility index (Phi) is 10.1. The SMILES string of the molecule is CCOC(=O)C1=C(C)N=c2s/c(=C\c3cc(Br)cc(I)c3OCc3cccc(Cl)c3)c(=O)n2[C@@H]1c1ccc(OCC)cc1. The Morgan fingerprint density at radius 3 is 2.58 bits per heavy atom. The van der Waals surface area contributed by atoms with E-state index in [0.29, 0.717) is 50.3 Å². The quantitative estimate of drug-likeness (QED) is 0.138. The van der Waals surface area contributed by atoms with Crippen LogP contribution in [0.3, 0.4) is 0 Å². The number of nitrogens with zero attached hydrogens (tertiary/aromatic N) is 2. The highest BCUT2D eigenvalue weighted by Crippen LogP contribution is 2.33. The van der Waals surface area contributed by atoms with E-state index in [1.807, 2.05) is 73.7 Å². The lowest BCUT2D eigenvalue weighted by Gasteiger charge is -2.24. The van der Waals surface area contributed by atoms with Crippen molar-refractivity contribution in [1.82, 2.24) is 4.57 Å². The number of ether oxygens (including phenoxy) is 3. The van der Waals surface area contributed by atoms with Crippen molar-refractivity contribution < 1.29 is 19.0 Å². The average molecular weight is 794 g/mol. The fourth-order valence-corrected chi connectivity index (χ4v) is 7.74. The molecule has 0 amide bonds. The molecule has 11 heteroatoms. The van der Waals surface area contributed by atoms with Crippen LogP contribution in [-0.2, 0) is 16.1 Å². The maximum absolute atomic E-state index is 14.1. The van der Waals surface area contributed by atoms with Gasteiger partial charge in [0.25, 0.3) is 5.56 Å². The lowest BCUT2D eigenvalue weighted by Crippen LogP contribution is -2.39. The highest BCUT2D eigenvalue weighted by molar-refractivity contribution is 14.1. The van der Waals surface area contributed by atoms with Crippen LogP contribution in [0.4, 0.5) is 0 Å². The fraction of sp³-hybridized carbons (Fsp3) is 0.219. The number of hydrogen-bond donors (Lipinski definition) is 0. The van der Waals surface area contributed by atoms with E-state index in [9.17, 15) is 9.59 Å². The van der Waals surface area contributed by atoms with Crippen LogP contribution < -0.4 is 24.4 Å². The number of fused-ring (bicyclic) bond motifs is 1. The van der Waals surface area contributed by atoms with Crippen LogP contribution in [-0.4, -0.2) is 23.8 Å². The summed E-state index contributed by atoms with van der Waals surface area (Å²) in [6.45, 7) is 6.47. The number of aromatic nitrogens is 1. The zero-order chi connectivity index (χ0) is 30.7. The Bertz CT molecular complexity index is 1900. The Hall–Kier alpha value is -2.93. The van der Waals surface area contributed by atoms with Crippen molar-refractivity contribution in [1.29, 1.82) is 0 Å². The van der Waals surface area contributed by atoms with Crippen LogP contribution >= 0.6 is 61.5 Å². The molecule has 0 radical (unpaired) electrons. The molecule has 0 unspecified atom stereocenters. The van der Waals surface area contributed by atoms with Gasteiger partial charge in [-0.3, -0.25) is 9.36 Å². The molecular formula is C32H27BrClIN2O5S. The van der Waals surface area contributed by atoms with Gasteiger partial charge in [0.05, 0.1) is 38.6 Å². The van der Waals surface area contributed by atoms with Gasteiger partial charge in [-0.2, -0.15) is 0 Å². The van der Waals surface area contributed by atoms with Gasteiger partial charge in [0, 0.05) is 15.1 Å². The summed E-state index contributed by atoms with van der Waals surface area (Å²) in [5.41, 5.74) is 2.96. The molecule has 222 valence electrons. The molecule has 43 heavy (non-hydrogen) atoms. The summed E-state index contributed by atoms with van der Waals surface area (Å²) in [6, 6.07) is 18.0. The second kappa shape index (κ2) is 13.8. The molecule has 1 aromatic heterocycles. The maximum Gasteiger partial charge on any atom is 0.338 e. The number of esters is 1. The molecule has 0 saturated heterocycles. The molecule has 1 atom stereocenters. The number of halogens is 3. The average Bonchev–Trinajstić information content (AvgIpc) is 3.26. The Labute approximate surface area is 279 Å². The van der Waals surface area contributed by atoms with Crippen molar-refractivity contribution in [2.45, 2.75) is 33.4 Å². The lowest BCUT2D eigenvalue weighted by atomic mass is 9.96. The maximum atomic E-state index is 14.1. The number of carbonyl (C=O) groups is 1. The largest absolute Gasteiger partial charge is 0.494 e. The molecule has 2 heterocycles. The minimum Gasteiger partial charge on any atom is -0.494 e. The number of thiazole rings is 1. The van der Waals surface area contributed by atoms with Gasteiger partial charge < -0.3 is 14.2 Å². The molecule has 1 aliphatic heterocycles. The summed E-state index contributed by atoms with van der Waals surface area (Å²) >= 11 is 13.2. The van der Waals surface area contributed by atoms with E-state index in [-0.39, 0.29) is 12.2 Å². The lowest BCUT2D eigenvalue weighted by molar-refractivity contribution is -0.139. The van der Waals surface area contributed by atoms with Gasteiger partial charge in [-0.1, -0.05) is 63.1 Å². The van der Waals surface area contributed by atoms with E-state index >= 15 is 0 Å². The Morgan fingerprint density at radius 2 is 1.88 bits per heavy atom. The summed E-state index contributed by atoms with van der Waals surface area (Å²) in [6.07, 6.45) is 1.81. The normalized spacial score (nSPS) is 14.7. The van der Waals surface area contributed by atoms with Crippen molar-refractivity contribution in [3.63, 3.8) is 0 Å². The van der Waals surface area contributed by atoms with Crippen molar-refractivity contribution in [2.24, 2.45) is 4.99 Å². The predicted octanol–water partition coefficient (Wildman–Crippen LogP) is 6.80. The topological polar surface area (TPSA) is 79.1 Å². The fourth-order valence-electron chi connectivity index (χ4n) is 4.78. The number of allylic oxidation sites excluding steroid dienone is 1. The molecule has 0 saturated carbocycles. The molecule has 0 fully saturated rings. The van der Waals surface area contributed by atoms with E-state index in [1.165, 1.54) is 11.3 Å². The zero-order valence-electron chi connectivity index (χ0n) is 23.5. The van der Waals surface area contributed by atoms with Crippen LogP contribution in [0.15, 0.2) is 86.2 Å². The van der Waals surface area contributed by atoms with Gasteiger partial charge in [-0.25, -0.2) is 9.79 Å². The summed E-state index contributed by atoms with van der Waals surface area (Å²) in [7, 11) is 0. The van der Waals surface area contributed by atoms with Crippen LogP contribution in [0, 0.1) is 3.57 Å². The number of rotatable bonds is 9. The van der Waals surface area contributed by atoms with Crippen molar-refractivity contribution in [3.8, 4) is 11.5 Å². The molecule has 0 bridgehead atoms. The van der Waals surface area contributed by atoms with Crippen molar-refractivity contribution in [2.75, 3.05) is 13.2 Å². The summed E-state index contributed by atoms with van der Waals surface area (Å²) in [4.78, 5) is 32.5. The number of benzene rings is 3. The van der Waals surface area contributed by atoms with Gasteiger partial charge in [0.2, 0.25) is 0 Å². The first kappa shape index (κ1) is 31.5. The van der Waals surface area contributed by atoms with Gasteiger partial charge in [-0.15, -0.1) is 0 Å². The third-order valence-corrected chi connectivity index (χ3v) is 9.10. The highest BCUT2D eigenvalue weighted by atomic mass is 127. The van der Waals surface area contributed by atoms with Gasteiger partial charge in [-0.05, 0) is 97.0 Å². The summed E-state index contributed by atoms with van der Waals surface area (Å²) < 4.78 is 21.0. The predicted molar refractivity (Wildman–Crippen MR) is 181 cm³/mol. The molecule has 3 aromatic carbocycles. The van der Waals surface area contributed by atoms with Crippen LogP contribution in [0.2, 0.25) is 5.02 Å². The molecule has 0 N–H and O–H groups in total. The van der Waals surface area contributed by atoms with Crippen LogP contribution in [0.5, 0.6) is 11.5 Å². The molecule has 5 rings (SSSR count). The van der Waals surface area contributed by atoms with E-state index in [4.69, 9.17) is 25.8 Å². The minimum absolute atomic E-state index is 0.204. The summed E-state index contributed by atoms with van der Waals surface area (Å²) in [5.74, 6) is 0.836. The van der Waals surface area contributed by atoms with Crippen LogP contribution in [0.1, 0.15) is 43.5 Å². The van der Waals surface area contributed by atoms with Gasteiger partial charge in [0.1, 0.15) is 18.1 Å². The number of hydrogen-bond acceptors (Lipinski definition) is 7. The molecule has 0 aliphatic carbocycles. The highest BCUT2D eigenvalue weighted by Gasteiger charge is 2.33.